The van der Waals surface area contributed by atoms with Gasteiger partial charge in [0.2, 0.25) is 0 Å². The maximum Gasteiger partial charge on any atom is 0.0497 e. The molecular weight excluding hydrogens is 234 g/mol. The Morgan fingerprint density at radius 2 is 1.84 bits per heavy atom. The van der Waals surface area contributed by atoms with Crippen LogP contribution in [0.15, 0.2) is 0 Å². The first-order valence-corrected chi connectivity index (χ1v) is 8.64. The molecule has 1 N–H and O–H groups in total. The third-order valence-corrected chi connectivity index (χ3v) is 4.87. The van der Waals surface area contributed by atoms with E-state index in [0.29, 0.717) is 0 Å². The van der Waals surface area contributed by atoms with Crippen LogP contribution in [0.4, 0.5) is 0 Å². The van der Waals surface area contributed by atoms with Gasteiger partial charge in [0, 0.05) is 19.3 Å². The number of rotatable bonds is 9. The van der Waals surface area contributed by atoms with Crippen LogP contribution in [0.1, 0.15) is 65.2 Å². The van der Waals surface area contributed by atoms with Gasteiger partial charge in [-0.1, -0.05) is 33.1 Å². The SMILES string of the molecule is CCCOCC1CC(CCC)CCC1CNC1CC1. The zero-order chi connectivity index (χ0) is 13.5. The molecule has 2 saturated carbocycles. The van der Waals surface area contributed by atoms with Crippen molar-refractivity contribution >= 4 is 0 Å². The van der Waals surface area contributed by atoms with Gasteiger partial charge in [-0.15, -0.1) is 0 Å². The van der Waals surface area contributed by atoms with Crippen molar-refractivity contribution in [3.8, 4) is 0 Å². The molecule has 2 fully saturated rings. The molecule has 2 rings (SSSR count). The highest BCUT2D eigenvalue weighted by Crippen LogP contribution is 2.36. The van der Waals surface area contributed by atoms with Gasteiger partial charge in [0.1, 0.15) is 0 Å². The Labute approximate surface area is 119 Å². The van der Waals surface area contributed by atoms with Gasteiger partial charge in [-0.3, -0.25) is 0 Å². The molecule has 3 unspecified atom stereocenters. The standard InChI is InChI=1S/C17H33NO/c1-3-5-14-6-7-15(12-18-17-8-9-17)16(11-14)13-19-10-4-2/h14-18H,3-13H2,1-2H3. The summed E-state index contributed by atoms with van der Waals surface area (Å²) in [5.74, 6) is 2.64. The van der Waals surface area contributed by atoms with Crippen LogP contribution in [0.5, 0.6) is 0 Å². The van der Waals surface area contributed by atoms with Gasteiger partial charge < -0.3 is 10.1 Å². The molecule has 0 bridgehead atoms. The summed E-state index contributed by atoms with van der Waals surface area (Å²) < 4.78 is 5.87. The minimum absolute atomic E-state index is 0.808. The maximum atomic E-state index is 5.87. The van der Waals surface area contributed by atoms with E-state index in [-0.39, 0.29) is 0 Å². The van der Waals surface area contributed by atoms with Crippen molar-refractivity contribution in [1.29, 1.82) is 0 Å². The Kier molecular flexibility index (Phi) is 6.66. The summed E-state index contributed by atoms with van der Waals surface area (Å²) in [6.07, 6.45) is 11.0. The first kappa shape index (κ1) is 15.3. The lowest BCUT2D eigenvalue weighted by molar-refractivity contribution is 0.0434. The van der Waals surface area contributed by atoms with Crippen molar-refractivity contribution in [1.82, 2.24) is 5.32 Å². The number of hydrogen-bond acceptors (Lipinski definition) is 2. The summed E-state index contributed by atoms with van der Waals surface area (Å²) in [7, 11) is 0. The molecule has 2 aliphatic rings. The normalized spacial score (nSPS) is 31.6. The molecule has 0 radical (unpaired) electrons. The summed E-state index contributed by atoms with van der Waals surface area (Å²) in [6, 6.07) is 0.852. The van der Waals surface area contributed by atoms with Crippen LogP contribution in [0.25, 0.3) is 0 Å². The van der Waals surface area contributed by atoms with Crippen molar-refractivity contribution in [2.45, 2.75) is 71.3 Å². The van der Waals surface area contributed by atoms with Gasteiger partial charge in [0.25, 0.3) is 0 Å². The second-order valence-corrected chi connectivity index (χ2v) is 6.75. The lowest BCUT2D eigenvalue weighted by Crippen LogP contribution is -2.36. The molecule has 0 aromatic heterocycles. The molecule has 0 aliphatic heterocycles. The molecule has 19 heavy (non-hydrogen) atoms. The van der Waals surface area contributed by atoms with Crippen LogP contribution in [0.2, 0.25) is 0 Å². The number of ether oxygens (including phenoxy) is 1. The van der Waals surface area contributed by atoms with Crippen LogP contribution in [0.3, 0.4) is 0 Å². The van der Waals surface area contributed by atoms with Crippen molar-refractivity contribution in [2.24, 2.45) is 17.8 Å². The monoisotopic (exact) mass is 267 g/mol. The molecule has 0 amide bonds. The van der Waals surface area contributed by atoms with Gasteiger partial charge in [-0.25, -0.2) is 0 Å². The number of nitrogens with one attached hydrogen (secondary N) is 1. The Bertz CT molecular complexity index is 239. The third kappa shape index (κ3) is 5.43. The summed E-state index contributed by atoms with van der Waals surface area (Å²) in [5, 5.41) is 3.74. The molecule has 0 aromatic rings. The predicted octanol–water partition coefficient (Wildman–Crippen LogP) is 4.00. The van der Waals surface area contributed by atoms with E-state index in [1.165, 1.54) is 51.5 Å². The highest BCUT2D eigenvalue weighted by atomic mass is 16.5. The molecular formula is C17H33NO. The second-order valence-electron chi connectivity index (χ2n) is 6.75. The zero-order valence-corrected chi connectivity index (χ0v) is 13.0. The van der Waals surface area contributed by atoms with E-state index < -0.39 is 0 Å². The van der Waals surface area contributed by atoms with E-state index >= 15 is 0 Å². The Hall–Kier alpha value is -0.0800. The predicted molar refractivity (Wildman–Crippen MR) is 81.4 cm³/mol. The quantitative estimate of drug-likeness (QED) is 0.638. The van der Waals surface area contributed by atoms with Gasteiger partial charge >= 0.3 is 0 Å². The van der Waals surface area contributed by atoms with Crippen LogP contribution in [0, 0.1) is 17.8 Å². The molecule has 0 saturated heterocycles. The maximum absolute atomic E-state index is 5.87. The summed E-state index contributed by atoms with van der Waals surface area (Å²) in [4.78, 5) is 0. The van der Waals surface area contributed by atoms with E-state index in [1.54, 1.807) is 0 Å². The van der Waals surface area contributed by atoms with Crippen LogP contribution in [-0.2, 0) is 4.74 Å². The van der Waals surface area contributed by atoms with Crippen molar-refractivity contribution in [2.75, 3.05) is 19.8 Å². The van der Waals surface area contributed by atoms with Gasteiger partial charge in [-0.2, -0.15) is 0 Å². The average Bonchev–Trinajstić information content (AvgIpc) is 3.22. The Balaban J connectivity index is 1.76. The van der Waals surface area contributed by atoms with Crippen molar-refractivity contribution in [3.63, 3.8) is 0 Å². The fraction of sp³-hybridized carbons (Fsp3) is 1.00. The largest absolute Gasteiger partial charge is 0.381 e. The van der Waals surface area contributed by atoms with Gasteiger partial charge in [0.15, 0.2) is 0 Å². The van der Waals surface area contributed by atoms with Crippen molar-refractivity contribution < 1.29 is 4.74 Å². The smallest absolute Gasteiger partial charge is 0.0497 e. The third-order valence-electron chi connectivity index (χ3n) is 4.87. The zero-order valence-electron chi connectivity index (χ0n) is 13.0. The molecule has 2 heteroatoms. The average molecular weight is 267 g/mol. The molecule has 2 nitrogen and oxygen atoms in total. The van der Waals surface area contributed by atoms with Gasteiger partial charge in [-0.05, 0) is 56.4 Å². The van der Waals surface area contributed by atoms with Crippen molar-refractivity contribution in [3.05, 3.63) is 0 Å². The van der Waals surface area contributed by atoms with Crippen LogP contribution in [-0.4, -0.2) is 25.8 Å². The summed E-state index contributed by atoms with van der Waals surface area (Å²) >= 11 is 0. The lowest BCUT2D eigenvalue weighted by atomic mass is 9.73. The van der Waals surface area contributed by atoms with Crippen LogP contribution >= 0.6 is 0 Å². The minimum Gasteiger partial charge on any atom is -0.381 e. The lowest BCUT2D eigenvalue weighted by Gasteiger charge is -2.36. The van der Waals surface area contributed by atoms with Crippen LogP contribution < -0.4 is 5.32 Å². The highest BCUT2D eigenvalue weighted by Gasteiger charge is 2.31. The minimum atomic E-state index is 0.808. The molecule has 112 valence electrons. The molecule has 0 heterocycles. The fourth-order valence-electron chi connectivity index (χ4n) is 3.55. The van der Waals surface area contributed by atoms with E-state index in [0.717, 1.165) is 43.4 Å². The van der Waals surface area contributed by atoms with E-state index in [1.807, 2.05) is 0 Å². The van der Waals surface area contributed by atoms with E-state index in [9.17, 15) is 0 Å². The summed E-state index contributed by atoms with van der Waals surface area (Å²) in [5.41, 5.74) is 0. The molecule has 2 aliphatic carbocycles. The second kappa shape index (κ2) is 8.26. The van der Waals surface area contributed by atoms with E-state index in [2.05, 4.69) is 19.2 Å². The van der Waals surface area contributed by atoms with E-state index in [4.69, 9.17) is 4.74 Å². The fourth-order valence-corrected chi connectivity index (χ4v) is 3.55. The Morgan fingerprint density at radius 1 is 1.00 bits per heavy atom. The first-order valence-electron chi connectivity index (χ1n) is 8.64. The Morgan fingerprint density at radius 3 is 2.53 bits per heavy atom. The van der Waals surface area contributed by atoms with Gasteiger partial charge in [0.05, 0.1) is 0 Å². The molecule has 0 spiro atoms. The first-order chi connectivity index (χ1) is 9.33. The molecule has 0 aromatic carbocycles. The highest BCUT2D eigenvalue weighted by molar-refractivity contribution is 4.86. The molecule has 3 atom stereocenters. The number of hydrogen-bond donors (Lipinski definition) is 1. The topological polar surface area (TPSA) is 21.3 Å². The summed E-state index contributed by atoms with van der Waals surface area (Å²) in [6.45, 7) is 7.71.